The lowest BCUT2D eigenvalue weighted by Gasteiger charge is -2.32. The number of hydrogen-bond donors (Lipinski definition) is 2. The normalized spacial score (nSPS) is 18.5. The molecule has 9 nitrogen and oxygen atoms in total. The maximum absolute atomic E-state index is 13.2. The molecule has 0 saturated carbocycles. The van der Waals surface area contributed by atoms with Crippen LogP contribution in [-0.4, -0.2) is 36.0 Å². The zero-order valence-corrected chi connectivity index (χ0v) is 17.4. The van der Waals surface area contributed by atoms with Crippen LogP contribution in [0, 0.1) is 16.7 Å². The first-order valence-electron chi connectivity index (χ1n) is 10.0. The van der Waals surface area contributed by atoms with E-state index in [0.29, 0.717) is 5.56 Å². The van der Waals surface area contributed by atoms with E-state index in [1.165, 1.54) is 0 Å². The number of carbonyl (C=O) groups is 2. The van der Waals surface area contributed by atoms with E-state index in [2.05, 4.69) is 4.98 Å². The number of aromatic amines is 1. The van der Waals surface area contributed by atoms with E-state index in [9.17, 15) is 19.6 Å². The van der Waals surface area contributed by atoms with Crippen molar-refractivity contribution in [3.63, 3.8) is 0 Å². The lowest BCUT2D eigenvalue weighted by Crippen LogP contribution is -2.34. The quantitative estimate of drug-likeness (QED) is 0.689. The Hall–Kier alpha value is -4.19. The monoisotopic (exact) mass is 433 g/mol. The Balaban J connectivity index is 2.13. The Morgan fingerprint density at radius 1 is 1.16 bits per heavy atom. The number of nitrogens with zero attached hydrogens (tertiary/aromatic N) is 1. The summed E-state index contributed by atoms with van der Waals surface area (Å²) >= 11 is 0. The fourth-order valence-corrected chi connectivity index (χ4v) is 4.23. The molecule has 2 unspecified atom stereocenters. The Morgan fingerprint density at radius 3 is 2.47 bits per heavy atom. The molecule has 0 amide bonds. The number of nitriles is 1. The third-order valence-electron chi connectivity index (χ3n) is 5.41. The van der Waals surface area contributed by atoms with E-state index < -0.39 is 35.2 Å². The maximum atomic E-state index is 13.2. The molecular formula is C23H19N3O6. The lowest BCUT2D eigenvalue weighted by atomic mass is 9.72. The minimum Gasteiger partial charge on any atom is -0.465 e. The van der Waals surface area contributed by atoms with Crippen molar-refractivity contribution in [1.29, 1.82) is 10.7 Å². The molecule has 9 heteroatoms. The van der Waals surface area contributed by atoms with E-state index in [4.69, 9.17) is 19.6 Å². The van der Waals surface area contributed by atoms with Gasteiger partial charge in [0.2, 0.25) is 5.90 Å². The molecule has 4 rings (SSSR count). The van der Waals surface area contributed by atoms with Crippen molar-refractivity contribution in [3.05, 3.63) is 74.2 Å². The van der Waals surface area contributed by atoms with Crippen molar-refractivity contribution in [2.24, 2.45) is 0 Å². The van der Waals surface area contributed by atoms with Gasteiger partial charge in [-0.1, -0.05) is 30.3 Å². The molecule has 1 aromatic heterocycles. The van der Waals surface area contributed by atoms with Gasteiger partial charge in [-0.2, -0.15) is 5.26 Å². The van der Waals surface area contributed by atoms with Gasteiger partial charge in [0.05, 0.1) is 29.9 Å². The molecule has 1 aliphatic carbocycles. The zero-order valence-electron chi connectivity index (χ0n) is 17.4. The first-order chi connectivity index (χ1) is 15.4. The minimum atomic E-state index is -1.12. The average molecular weight is 433 g/mol. The molecule has 2 aromatic rings. The summed E-state index contributed by atoms with van der Waals surface area (Å²) < 4.78 is 16.2. The van der Waals surface area contributed by atoms with Crippen molar-refractivity contribution >= 4 is 23.6 Å². The summed E-state index contributed by atoms with van der Waals surface area (Å²) in [6, 6.07) is 10.6. The second-order valence-corrected chi connectivity index (χ2v) is 7.12. The van der Waals surface area contributed by atoms with Gasteiger partial charge >= 0.3 is 11.9 Å². The summed E-state index contributed by atoms with van der Waals surface area (Å²) in [7, 11) is 0. The number of aromatic nitrogens is 1. The van der Waals surface area contributed by atoms with Crippen LogP contribution in [0.25, 0.3) is 5.76 Å². The summed E-state index contributed by atoms with van der Waals surface area (Å²) in [5.74, 6) is -3.86. The molecule has 2 atom stereocenters. The van der Waals surface area contributed by atoms with E-state index in [0.717, 1.165) is 0 Å². The summed E-state index contributed by atoms with van der Waals surface area (Å²) in [5.41, 5.74) is -0.197. The number of nitrogens with one attached hydrogen (secondary N) is 2. The number of pyridine rings is 1. The van der Waals surface area contributed by atoms with E-state index >= 15 is 0 Å². The van der Waals surface area contributed by atoms with Gasteiger partial charge in [0.1, 0.15) is 23.3 Å². The first kappa shape index (κ1) is 21.1. The molecule has 32 heavy (non-hydrogen) atoms. The standard InChI is InChI=1S/C23H19N3O6/c1-3-30-22(28)16-13(11-8-6-5-7-9-11)17(23(29)31-4-2)19-15-14(20(25)32-19)12(10-24)21(27)26-18(15)16/h5-9,13,16,25H,3-4H2,1-2H3,(H,26,27). The van der Waals surface area contributed by atoms with Crippen LogP contribution in [0.3, 0.4) is 0 Å². The number of carbonyl (C=O) groups excluding carboxylic acids is 2. The van der Waals surface area contributed by atoms with E-state index in [-0.39, 0.29) is 46.9 Å². The molecule has 1 aliphatic heterocycles. The van der Waals surface area contributed by atoms with Gasteiger partial charge in [-0.25, -0.2) is 4.79 Å². The molecule has 0 radical (unpaired) electrons. The molecule has 2 N–H and O–H groups in total. The van der Waals surface area contributed by atoms with Crippen molar-refractivity contribution < 1.29 is 23.8 Å². The van der Waals surface area contributed by atoms with Gasteiger partial charge in [0.15, 0.2) is 0 Å². The summed E-state index contributed by atoms with van der Waals surface area (Å²) in [4.78, 5) is 41.6. The Labute approximate surface area is 182 Å². The third kappa shape index (κ3) is 3.08. The summed E-state index contributed by atoms with van der Waals surface area (Å²) in [5, 5.41) is 17.8. The van der Waals surface area contributed by atoms with E-state index in [1.807, 2.05) is 0 Å². The predicted octanol–water partition coefficient (Wildman–Crippen LogP) is 2.32. The second-order valence-electron chi connectivity index (χ2n) is 7.12. The van der Waals surface area contributed by atoms with Crippen LogP contribution in [0.5, 0.6) is 0 Å². The molecule has 2 heterocycles. The number of H-pyrrole nitrogens is 1. The zero-order chi connectivity index (χ0) is 23.0. The van der Waals surface area contributed by atoms with Gasteiger partial charge in [0.25, 0.3) is 5.56 Å². The fraction of sp³-hybridized carbons (Fsp3) is 0.261. The predicted molar refractivity (Wildman–Crippen MR) is 112 cm³/mol. The second kappa shape index (κ2) is 8.15. The van der Waals surface area contributed by atoms with Gasteiger partial charge < -0.3 is 19.2 Å². The van der Waals surface area contributed by atoms with E-state index in [1.54, 1.807) is 50.2 Å². The summed E-state index contributed by atoms with van der Waals surface area (Å²) in [6.45, 7) is 3.45. The number of ether oxygens (including phenoxy) is 3. The average Bonchev–Trinajstić information content (AvgIpc) is 3.11. The molecule has 1 aromatic carbocycles. The van der Waals surface area contributed by atoms with Crippen LogP contribution in [0.4, 0.5) is 0 Å². The van der Waals surface area contributed by atoms with Gasteiger partial charge in [0, 0.05) is 11.6 Å². The highest BCUT2D eigenvalue weighted by molar-refractivity contribution is 6.13. The van der Waals surface area contributed by atoms with Gasteiger partial charge in [-0.15, -0.1) is 0 Å². The number of hydrogen-bond acceptors (Lipinski definition) is 8. The van der Waals surface area contributed by atoms with Gasteiger partial charge in [-0.05, 0) is 19.4 Å². The molecule has 2 aliphatic rings. The van der Waals surface area contributed by atoms with Crippen molar-refractivity contribution in [3.8, 4) is 6.07 Å². The number of rotatable bonds is 5. The Bertz CT molecular complexity index is 1270. The first-order valence-corrected chi connectivity index (χ1v) is 10.0. The van der Waals surface area contributed by atoms with Crippen molar-refractivity contribution in [1.82, 2.24) is 4.98 Å². The molecule has 162 valence electrons. The third-order valence-corrected chi connectivity index (χ3v) is 5.41. The molecule has 0 saturated heterocycles. The molecule has 0 fully saturated rings. The topological polar surface area (TPSA) is 142 Å². The Kier molecular flexibility index (Phi) is 5.36. The van der Waals surface area contributed by atoms with Crippen molar-refractivity contribution in [2.75, 3.05) is 13.2 Å². The van der Waals surface area contributed by atoms with Crippen LogP contribution in [-0.2, 0) is 23.8 Å². The maximum Gasteiger partial charge on any atom is 0.338 e. The van der Waals surface area contributed by atoms with Crippen LogP contribution in [0.2, 0.25) is 0 Å². The fourth-order valence-electron chi connectivity index (χ4n) is 4.23. The van der Waals surface area contributed by atoms with Crippen molar-refractivity contribution in [2.45, 2.75) is 25.7 Å². The number of esters is 2. The van der Waals surface area contributed by atoms with Crippen LogP contribution < -0.4 is 5.56 Å². The SMILES string of the molecule is CCOC(=O)C1=C2OC(=N)c3c2c([nH]c(=O)c3C#N)C(C(=O)OCC)C1c1ccccc1. The highest BCUT2D eigenvalue weighted by atomic mass is 16.5. The van der Waals surface area contributed by atoms with Crippen LogP contribution >= 0.6 is 0 Å². The number of benzene rings is 1. The highest BCUT2D eigenvalue weighted by Crippen LogP contribution is 2.51. The Morgan fingerprint density at radius 2 is 1.84 bits per heavy atom. The minimum absolute atomic E-state index is 0.000557. The van der Waals surface area contributed by atoms with Crippen LogP contribution in [0.15, 0.2) is 40.7 Å². The van der Waals surface area contributed by atoms with Crippen LogP contribution in [0.1, 0.15) is 53.6 Å². The highest BCUT2D eigenvalue weighted by Gasteiger charge is 2.50. The lowest BCUT2D eigenvalue weighted by molar-refractivity contribution is -0.145. The molecule has 0 bridgehead atoms. The van der Waals surface area contributed by atoms with Gasteiger partial charge in [-0.3, -0.25) is 15.0 Å². The molecular weight excluding hydrogens is 414 g/mol. The largest absolute Gasteiger partial charge is 0.465 e. The smallest absolute Gasteiger partial charge is 0.338 e. The summed E-state index contributed by atoms with van der Waals surface area (Å²) in [6.07, 6.45) is 0. The molecule has 0 spiro atoms.